The Labute approximate surface area is 119 Å². The molecular formula is C14H22N4O2. The van der Waals surface area contributed by atoms with Crippen LogP contribution in [0.15, 0.2) is 0 Å². The molecule has 0 aliphatic carbocycles. The average molecular weight is 278 g/mol. The number of rotatable bonds is 2. The normalized spacial score (nSPS) is 14.3. The first-order valence-corrected chi connectivity index (χ1v) is 6.83. The van der Waals surface area contributed by atoms with Crippen molar-refractivity contribution in [1.29, 1.82) is 0 Å². The molecule has 2 heterocycles. The molecule has 1 aliphatic rings. The summed E-state index contributed by atoms with van der Waals surface area (Å²) in [6.45, 7) is 8.95. The van der Waals surface area contributed by atoms with Crippen molar-refractivity contribution in [1.82, 2.24) is 14.9 Å². The highest BCUT2D eigenvalue weighted by Crippen LogP contribution is 2.25. The van der Waals surface area contributed by atoms with Gasteiger partial charge in [0, 0.05) is 12.0 Å². The Morgan fingerprint density at radius 2 is 2.05 bits per heavy atom. The molecule has 0 bridgehead atoms. The Bertz CT molecular complexity index is 523. The number of hydrogen-bond acceptors (Lipinski definition) is 5. The molecule has 1 amide bonds. The molecule has 6 nitrogen and oxygen atoms in total. The van der Waals surface area contributed by atoms with Crippen LogP contribution in [0.5, 0.6) is 0 Å². The summed E-state index contributed by atoms with van der Waals surface area (Å²) in [5.74, 6) is 0.721. The first kappa shape index (κ1) is 14.7. The second-order valence-electron chi connectivity index (χ2n) is 6.02. The van der Waals surface area contributed by atoms with Crippen LogP contribution in [0.3, 0.4) is 0 Å². The van der Waals surface area contributed by atoms with Gasteiger partial charge >= 0.3 is 6.09 Å². The van der Waals surface area contributed by atoms with Crippen molar-refractivity contribution in [2.45, 2.75) is 52.8 Å². The van der Waals surface area contributed by atoms with Crippen molar-refractivity contribution >= 4 is 6.09 Å². The van der Waals surface area contributed by atoms with Crippen LogP contribution < -0.4 is 5.73 Å². The Hall–Kier alpha value is -1.69. The molecule has 0 radical (unpaired) electrons. The van der Waals surface area contributed by atoms with Gasteiger partial charge in [-0.3, -0.25) is 4.90 Å². The smallest absolute Gasteiger partial charge is 0.410 e. The molecule has 6 heteroatoms. The van der Waals surface area contributed by atoms with Gasteiger partial charge in [0.1, 0.15) is 11.4 Å². The van der Waals surface area contributed by atoms with Gasteiger partial charge in [-0.25, -0.2) is 14.8 Å². The topological polar surface area (TPSA) is 81.3 Å². The zero-order valence-corrected chi connectivity index (χ0v) is 12.6. The van der Waals surface area contributed by atoms with E-state index in [0.29, 0.717) is 26.1 Å². The first-order chi connectivity index (χ1) is 9.30. The number of hydrogen-bond donors (Lipinski definition) is 1. The average Bonchev–Trinajstić information content (AvgIpc) is 2.70. The zero-order valence-electron chi connectivity index (χ0n) is 12.6. The number of nitrogens with two attached hydrogens (primary N) is 1. The molecule has 0 saturated carbocycles. The van der Waals surface area contributed by atoms with Crippen LogP contribution in [-0.2, 0) is 24.2 Å². The monoisotopic (exact) mass is 278 g/mol. The first-order valence-electron chi connectivity index (χ1n) is 6.83. The van der Waals surface area contributed by atoms with Crippen LogP contribution in [0.4, 0.5) is 4.79 Å². The number of carbonyl (C=O) groups is 1. The Morgan fingerprint density at radius 3 is 2.65 bits per heavy atom. The van der Waals surface area contributed by atoms with Crippen LogP contribution in [0.1, 0.15) is 43.5 Å². The molecule has 2 rings (SSSR count). The molecule has 110 valence electrons. The molecule has 0 unspecified atom stereocenters. The molecule has 0 saturated heterocycles. The van der Waals surface area contributed by atoms with Gasteiger partial charge in [0.25, 0.3) is 0 Å². The third-order valence-corrected chi connectivity index (χ3v) is 3.01. The molecule has 0 aromatic carbocycles. The number of ether oxygens (including phenoxy) is 1. The van der Waals surface area contributed by atoms with Crippen molar-refractivity contribution in [2.24, 2.45) is 5.73 Å². The summed E-state index contributed by atoms with van der Waals surface area (Å²) in [6, 6.07) is 0. The second-order valence-corrected chi connectivity index (χ2v) is 6.02. The minimum absolute atomic E-state index is 0.313. The van der Waals surface area contributed by atoms with Crippen molar-refractivity contribution in [3.8, 4) is 0 Å². The van der Waals surface area contributed by atoms with E-state index in [9.17, 15) is 4.79 Å². The fourth-order valence-electron chi connectivity index (χ4n) is 2.26. The number of amides is 1. The van der Waals surface area contributed by atoms with Crippen LogP contribution in [-0.4, -0.2) is 33.1 Å². The van der Waals surface area contributed by atoms with E-state index in [-0.39, 0.29) is 6.09 Å². The molecule has 2 N–H and O–H groups in total. The maximum atomic E-state index is 12.1. The van der Waals surface area contributed by atoms with E-state index in [1.165, 1.54) is 0 Å². The molecule has 0 fully saturated rings. The highest BCUT2D eigenvalue weighted by atomic mass is 16.6. The maximum absolute atomic E-state index is 12.1. The van der Waals surface area contributed by atoms with E-state index >= 15 is 0 Å². The summed E-state index contributed by atoms with van der Waals surface area (Å²) in [4.78, 5) is 22.6. The fraction of sp³-hybridized carbons (Fsp3) is 0.643. The van der Waals surface area contributed by atoms with Gasteiger partial charge in [-0.15, -0.1) is 0 Å². The minimum Gasteiger partial charge on any atom is -0.444 e. The Morgan fingerprint density at radius 1 is 1.35 bits per heavy atom. The summed E-state index contributed by atoms with van der Waals surface area (Å²) in [7, 11) is 0. The van der Waals surface area contributed by atoms with Gasteiger partial charge in [-0.05, 0) is 34.2 Å². The number of aromatic nitrogens is 2. The second kappa shape index (κ2) is 5.36. The van der Waals surface area contributed by atoms with Crippen LogP contribution in [0.25, 0.3) is 0 Å². The quantitative estimate of drug-likeness (QED) is 0.887. The third kappa shape index (κ3) is 3.25. The van der Waals surface area contributed by atoms with Gasteiger partial charge in [-0.1, -0.05) is 0 Å². The Balaban J connectivity index is 2.18. The van der Waals surface area contributed by atoms with Crippen molar-refractivity contribution in [2.75, 3.05) is 6.54 Å². The van der Waals surface area contributed by atoms with E-state index in [1.54, 1.807) is 4.90 Å². The summed E-state index contributed by atoms with van der Waals surface area (Å²) in [5, 5.41) is 0. The van der Waals surface area contributed by atoms with E-state index in [2.05, 4.69) is 9.97 Å². The predicted molar refractivity (Wildman–Crippen MR) is 75.0 cm³/mol. The predicted octanol–water partition coefficient (Wildman–Crippen LogP) is 1.54. The lowest BCUT2D eigenvalue weighted by Crippen LogP contribution is -2.33. The highest BCUT2D eigenvalue weighted by Gasteiger charge is 2.30. The van der Waals surface area contributed by atoms with Gasteiger partial charge in [0.15, 0.2) is 0 Å². The number of fused-ring (bicyclic) bond motifs is 1. The van der Waals surface area contributed by atoms with E-state index in [1.807, 2.05) is 27.7 Å². The summed E-state index contributed by atoms with van der Waals surface area (Å²) >= 11 is 0. The maximum Gasteiger partial charge on any atom is 0.410 e. The largest absolute Gasteiger partial charge is 0.444 e. The zero-order chi connectivity index (χ0) is 14.9. The molecule has 0 spiro atoms. The summed E-state index contributed by atoms with van der Waals surface area (Å²) in [5.41, 5.74) is 8.00. The Kier molecular flexibility index (Phi) is 3.94. The highest BCUT2D eigenvalue weighted by molar-refractivity contribution is 5.69. The van der Waals surface area contributed by atoms with Crippen LogP contribution >= 0.6 is 0 Å². The van der Waals surface area contributed by atoms with Crippen molar-refractivity contribution in [3.05, 3.63) is 22.8 Å². The SMILES string of the molecule is Cc1nc(CCN)c2c(n1)CN(C(=O)OC(C)(C)C)C2. The van der Waals surface area contributed by atoms with Crippen LogP contribution in [0.2, 0.25) is 0 Å². The molecule has 0 atom stereocenters. The number of carbonyl (C=O) groups excluding carboxylic acids is 1. The molecular weight excluding hydrogens is 256 g/mol. The lowest BCUT2D eigenvalue weighted by atomic mass is 10.1. The van der Waals surface area contributed by atoms with E-state index in [4.69, 9.17) is 10.5 Å². The molecule has 1 aromatic heterocycles. The molecule has 1 aliphatic heterocycles. The van der Waals surface area contributed by atoms with Crippen molar-refractivity contribution < 1.29 is 9.53 Å². The standard InChI is InChI=1S/C14H22N4O2/c1-9-16-11(5-6-15)10-7-18(8-12(10)17-9)13(19)20-14(2,3)4/h5-8,15H2,1-4H3. The van der Waals surface area contributed by atoms with Crippen LogP contribution in [0, 0.1) is 6.92 Å². The van der Waals surface area contributed by atoms with Gasteiger partial charge < -0.3 is 10.5 Å². The third-order valence-electron chi connectivity index (χ3n) is 3.01. The lowest BCUT2D eigenvalue weighted by Gasteiger charge is -2.24. The molecule has 1 aromatic rings. The van der Waals surface area contributed by atoms with Crippen molar-refractivity contribution in [3.63, 3.8) is 0 Å². The minimum atomic E-state index is -0.493. The van der Waals surface area contributed by atoms with Gasteiger partial charge in [0.2, 0.25) is 0 Å². The van der Waals surface area contributed by atoms with E-state index in [0.717, 1.165) is 22.8 Å². The molecule has 20 heavy (non-hydrogen) atoms. The number of nitrogens with zero attached hydrogens (tertiary/aromatic N) is 3. The van der Waals surface area contributed by atoms with Gasteiger partial charge in [0.05, 0.1) is 24.5 Å². The lowest BCUT2D eigenvalue weighted by molar-refractivity contribution is 0.0240. The summed E-state index contributed by atoms with van der Waals surface area (Å²) < 4.78 is 5.40. The summed E-state index contributed by atoms with van der Waals surface area (Å²) in [6.07, 6.45) is 0.389. The fourth-order valence-corrected chi connectivity index (χ4v) is 2.26. The number of aryl methyl sites for hydroxylation is 1. The van der Waals surface area contributed by atoms with Gasteiger partial charge in [-0.2, -0.15) is 0 Å². The van der Waals surface area contributed by atoms with E-state index < -0.39 is 5.60 Å².